The van der Waals surface area contributed by atoms with Crippen LogP contribution in [0.2, 0.25) is 0 Å². The quantitative estimate of drug-likeness (QED) is 0.876. The van der Waals surface area contributed by atoms with Gasteiger partial charge in [0.1, 0.15) is 0 Å². The molecule has 0 aliphatic rings. The molecule has 20 heavy (non-hydrogen) atoms. The van der Waals surface area contributed by atoms with Crippen molar-refractivity contribution in [3.8, 4) is 0 Å². The number of pyridine rings is 1. The number of nitrogens with two attached hydrogens (primary N) is 1. The second kappa shape index (κ2) is 7.06. The average molecular weight is 269 g/mol. The van der Waals surface area contributed by atoms with Crippen molar-refractivity contribution in [1.82, 2.24) is 4.98 Å². The van der Waals surface area contributed by atoms with Gasteiger partial charge in [0.05, 0.1) is 0 Å². The first-order valence-corrected chi connectivity index (χ1v) is 7.18. The number of aromatic nitrogens is 1. The van der Waals surface area contributed by atoms with Gasteiger partial charge in [-0.3, -0.25) is 4.98 Å². The van der Waals surface area contributed by atoms with Gasteiger partial charge in [-0.15, -0.1) is 0 Å². The zero-order valence-corrected chi connectivity index (χ0v) is 12.3. The Labute approximate surface area is 121 Å². The highest BCUT2D eigenvalue weighted by Crippen LogP contribution is 2.25. The van der Waals surface area contributed by atoms with Crippen LogP contribution in [-0.2, 0) is 6.42 Å². The molecule has 2 aromatic rings. The predicted octanol–water partition coefficient (Wildman–Crippen LogP) is 3.17. The van der Waals surface area contributed by atoms with E-state index in [9.17, 15) is 0 Å². The number of nitrogens with zero attached hydrogens (tertiary/aromatic N) is 2. The number of benzene rings is 1. The summed E-state index contributed by atoms with van der Waals surface area (Å²) < 4.78 is 0. The smallest absolute Gasteiger partial charge is 0.0421 e. The summed E-state index contributed by atoms with van der Waals surface area (Å²) in [5.41, 5.74) is 9.76. The molecule has 106 valence electrons. The number of hydrogen-bond acceptors (Lipinski definition) is 3. The van der Waals surface area contributed by atoms with Crippen molar-refractivity contribution in [2.24, 2.45) is 5.73 Å². The van der Waals surface area contributed by atoms with Crippen LogP contribution in [0.3, 0.4) is 0 Å². The highest BCUT2D eigenvalue weighted by atomic mass is 15.1. The second-order valence-electron chi connectivity index (χ2n) is 5.07. The van der Waals surface area contributed by atoms with E-state index < -0.39 is 0 Å². The zero-order valence-electron chi connectivity index (χ0n) is 12.3. The van der Waals surface area contributed by atoms with E-state index in [-0.39, 0.29) is 6.04 Å². The van der Waals surface area contributed by atoms with E-state index in [4.69, 9.17) is 5.73 Å². The van der Waals surface area contributed by atoms with E-state index in [0.29, 0.717) is 0 Å². The molecular formula is C17H23N3. The summed E-state index contributed by atoms with van der Waals surface area (Å²) in [5.74, 6) is 0. The molecule has 3 heteroatoms. The molecule has 2 rings (SSSR count). The number of rotatable bonds is 6. The van der Waals surface area contributed by atoms with E-state index >= 15 is 0 Å². The molecule has 0 aliphatic heterocycles. The SMILES string of the molecule is CCC(N)c1ccccc1N(C)CCc1ccccn1. The molecule has 0 radical (unpaired) electrons. The standard InChI is InChI=1S/C17H23N3/c1-3-16(18)15-9-4-5-10-17(15)20(2)13-11-14-8-6-7-12-19-14/h4-10,12,16H,3,11,13,18H2,1-2H3. The van der Waals surface area contributed by atoms with Crippen LogP contribution >= 0.6 is 0 Å². The molecule has 0 fully saturated rings. The summed E-state index contributed by atoms with van der Waals surface area (Å²) >= 11 is 0. The monoisotopic (exact) mass is 269 g/mol. The van der Waals surface area contributed by atoms with E-state index in [0.717, 1.165) is 25.1 Å². The highest BCUT2D eigenvalue weighted by molar-refractivity contribution is 5.54. The summed E-state index contributed by atoms with van der Waals surface area (Å²) in [7, 11) is 2.12. The Kier molecular flexibility index (Phi) is 5.13. The maximum atomic E-state index is 6.20. The Bertz CT molecular complexity index is 525. The highest BCUT2D eigenvalue weighted by Gasteiger charge is 2.12. The van der Waals surface area contributed by atoms with E-state index in [2.05, 4.69) is 54.2 Å². The molecule has 1 heterocycles. The van der Waals surface area contributed by atoms with Gasteiger partial charge >= 0.3 is 0 Å². The van der Waals surface area contributed by atoms with Gasteiger partial charge in [-0.05, 0) is 30.2 Å². The van der Waals surface area contributed by atoms with Crippen molar-refractivity contribution < 1.29 is 0 Å². The summed E-state index contributed by atoms with van der Waals surface area (Å²) in [6, 6.07) is 14.5. The van der Waals surface area contributed by atoms with E-state index in [1.54, 1.807) is 0 Å². The lowest BCUT2D eigenvalue weighted by atomic mass is 10.0. The van der Waals surface area contributed by atoms with Crippen LogP contribution in [0, 0.1) is 0 Å². The number of likely N-dealkylation sites (N-methyl/N-ethyl adjacent to an activating group) is 1. The van der Waals surface area contributed by atoms with Crippen LogP contribution < -0.4 is 10.6 Å². The molecule has 1 atom stereocenters. The Morgan fingerprint density at radius 1 is 1.15 bits per heavy atom. The summed E-state index contributed by atoms with van der Waals surface area (Å²) in [6.45, 7) is 3.06. The molecule has 1 unspecified atom stereocenters. The third kappa shape index (κ3) is 3.58. The van der Waals surface area contributed by atoms with E-state index in [1.165, 1.54) is 11.3 Å². The van der Waals surface area contributed by atoms with Gasteiger partial charge < -0.3 is 10.6 Å². The zero-order chi connectivity index (χ0) is 14.4. The fourth-order valence-corrected chi connectivity index (χ4v) is 2.32. The summed E-state index contributed by atoms with van der Waals surface area (Å²) in [6.07, 6.45) is 3.73. The Morgan fingerprint density at radius 2 is 1.90 bits per heavy atom. The molecule has 0 aliphatic carbocycles. The lowest BCUT2D eigenvalue weighted by Gasteiger charge is -2.24. The molecular weight excluding hydrogens is 246 g/mol. The molecule has 1 aromatic carbocycles. The van der Waals surface area contributed by atoms with Crippen LogP contribution in [-0.4, -0.2) is 18.6 Å². The topological polar surface area (TPSA) is 42.1 Å². The first-order chi connectivity index (χ1) is 9.72. The van der Waals surface area contributed by atoms with Crippen LogP contribution in [0.5, 0.6) is 0 Å². The summed E-state index contributed by atoms with van der Waals surface area (Å²) in [5, 5.41) is 0. The fraction of sp³-hybridized carbons (Fsp3) is 0.353. The normalized spacial score (nSPS) is 12.2. The molecule has 1 aromatic heterocycles. The molecule has 0 spiro atoms. The average Bonchev–Trinajstić information content (AvgIpc) is 2.52. The maximum absolute atomic E-state index is 6.20. The lowest BCUT2D eigenvalue weighted by molar-refractivity contribution is 0.693. The number of hydrogen-bond donors (Lipinski definition) is 1. The number of anilines is 1. The van der Waals surface area contributed by atoms with Gasteiger partial charge in [-0.2, -0.15) is 0 Å². The largest absolute Gasteiger partial charge is 0.374 e. The van der Waals surface area contributed by atoms with Crippen molar-refractivity contribution in [1.29, 1.82) is 0 Å². The van der Waals surface area contributed by atoms with Crippen LogP contribution in [0.4, 0.5) is 5.69 Å². The predicted molar refractivity (Wildman–Crippen MR) is 84.9 cm³/mol. The van der Waals surface area contributed by atoms with Crippen molar-refractivity contribution in [2.75, 3.05) is 18.5 Å². The first-order valence-electron chi connectivity index (χ1n) is 7.18. The fourth-order valence-electron chi connectivity index (χ4n) is 2.32. The van der Waals surface area contributed by atoms with Gasteiger partial charge in [0.15, 0.2) is 0 Å². The van der Waals surface area contributed by atoms with Crippen LogP contribution in [0.1, 0.15) is 30.6 Å². The Morgan fingerprint density at radius 3 is 2.60 bits per heavy atom. The minimum Gasteiger partial charge on any atom is -0.374 e. The van der Waals surface area contributed by atoms with E-state index in [1.807, 2.05) is 18.3 Å². The molecule has 0 saturated carbocycles. The van der Waals surface area contributed by atoms with Crippen LogP contribution in [0.25, 0.3) is 0 Å². The van der Waals surface area contributed by atoms with Gasteiger partial charge in [-0.25, -0.2) is 0 Å². The third-order valence-corrected chi connectivity index (χ3v) is 3.62. The second-order valence-corrected chi connectivity index (χ2v) is 5.07. The molecule has 0 amide bonds. The van der Waals surface area contributed by atoms with Crippen molar-refractivity contribution in [3.05, 3.63) is 59.9 Å². The summed E-state index contributed by atoms with van der Waals surface area (Å²) in [4.78, 5) is 6.63. The molecule has 3 nitrogen and oxygen atoms in total. The van der Waals surface area contributed by atoms with Crippen LogP contribution in [0.15, 0.2) is 48.7 Å². The first kappa shape index (κ1) is 14.5. The van der Waals surface area contributed by atoms with Gasteiger partial charge in [-0.1, -0.05) is 31.2 Å². The maximum Gasteiger partial charge on any atom is 0.0421 e. The van der Waals surface area contributed by atoms with Crippen molar-refractivity contribution in [2.45, 2.75) is 25.8 Å². The van der Waals surface area contributed by atoms with Crippen molar-refractivity contribution >= 4 is 5.69 Å². The van der Waals surface area contributed by atoms with Gasteiger partial charge in [0.2, 0.25) is 0 Å². The lowest BCUT2D eigenvalue weighted by Crippen LogP contribution is -2.23. The molecule has 0 bridgehead atoms. The van der Waals surface area contributed by atoms with Gasteiger partial charge in [0, 0.05) is 43.6 Å². The minimum absolute atomic E-state index is 0.100. The third-order valence-electron chi connectivity index (χ3n) is 3.62. The molecule has 2 N–H and O–H groups in total. The van der Waals surface area contributed by atoms with Gasteiger partial charge in [0.25, 0.3) is 0 Å². The Hall–Kier alpha value is -1.87. The minimum atomic E-state index is 0.100. The number of para-hydroxylation sites is 1. The van der Waals surface area contributed by atoms with Crippen molar-refractivity contribution in [3.63, 3.8) is 0 Å². The molecule has 0 saturated heterocycles. The Balaban J connectivity index is 2.07.